The number of piperidine rings is 1. The third-order valence-electron chi connectivity index (χ3n) is 4.48. The van der Waals surface area contributed by atoms with Gasteiger partial charge in [-0.05, 0) is 31.6 Å². The van der Waals surface area contributed by atoms with Crippen molar-refractivity contribution in [2.75, 3.05) is 19.6 Å². The van der Waals surface area contributed by atoms with Crippen LogP contribution >= 0.6 is 0 Å². The topological polar surface area (TPSA) is 86.7 Å². The lowest BCUT2D eigenvalue weighted by Gasteiger charge is -2.32. The van der Waals surface area contributed by atoms with E-state index in [-0.39, 0.29) is 6.54 Å². The molecule has 2 N–H and O–H groups in total. The summed E-state index contributed by atoms with van der Waals surface area (Å²) in [6, 6.07) is 0. The average Bonchev–Trinajstić information content (AvgIpc) is 2.40. The van der Waals surface area contributed by atoms with Crippen molar-refractivity contribution in [2.45, 2.75) is 46.5 Å². The van der Waals surface area contributed by atoms with E-state index in [2.05, 4.69) is 11.6 Å². The molecule has 0 unspecified atom stereocenters. The SMILES string of the molecule is CCC(CC)(CNS(=O)(=O)N1CCC(C)CC1)C(=O)O. The van der Waals surface area contributed by atoms with Crippen LogP contribution in [-0.4, -0.2) is 43.4 Å². The lowest BCUT2D eigenvalue weighted by Crippen LogP contribution is -2.49. The Bertz CT molecular complexity index is 424. The van der Waals surface area contributed by atoms with Crippen LogP contribution in [0.3, 0.4) is 0 Å². The van der Waals surface area contributed by atoms with Crippen LogP contribution in [0.15, 0.2) is 0 Å². The number of nitrogens with zero attached hydrogens (tertiary/aromatic N) is 1. The van der Waals surface area contributed by atoms with Gasteiger partial charge in [-0.3, -0.25) is 4.79 Å². The predicted molar refractivity (Wildman–Crippen MR) is 77.5 cm³/mol. The van der Waals surface area contributed by atoms with Crippen LogP contribution in [0.4, 0.5) is 0 Å². The molecule has 0 bridgehead atoms. The van der Waals surface area contributed by atoms with Crippen LogP contribution in [0.1, 0.15) is 46.5 Å². The van der Waals surface area contributed by atoms with E-state index in [4.69, 9.17) is 0 Å². The molecule has 0 radical (unpaired) electrons. The number of rotatable bonds is 7. The molecule has 1 aliphatic heterocycles. The van der Waals surface area contributed by atoms with Gasteiger partial charge in [0.1, 0.15) is 0 Å². The zero-order valence-corrected chi connectivity index (χ0v) is 13.4. The second-order valence-corrected chi connectivity index (χ2v) is 7.46. The molecule has 7 heteroatoms. The summed E-state index contributed by atoms with van der Waals surface area (Å²) in [7, 11) is -3.57. The van der Waals surface area contributed by atoms with Crippen LogP contribution < -0.4 is 4.72 Å². The minimum absolute atomic E-state index is 0.0519. The van der Waals surface area contributed by atoms with E-state index < -0.39 is 21.6 Å². The Morgan fingerprint density at radius 1 is 1.30 bits per heavy atom. The average molecular weight is 306 g/mol. The summed E-state index contributed by atoms with van der Waals surface area (Å²) in [6.07, 6.45) is 2.51. The summed E-state index contributed by atoms with van der Waals surface area (Å²) in [5.74, 6) is -0.400. The summed E-state index contributed by atoms with van der Waals surface area (Å²) in [5, 5.41) is 9.32. The minimum Gasteiger partial charge on any atom is -0.481 e. The molecule has 1 saturated heterocycles. The van der Waals surface area contributed by atoms with Gasteiger partial charge in [-0.25, -0.2) is 4.72 Å². The van der Waals surface area contributed by atoms with Gasteiger partial charge in [0.15, 0.2) is 0 Å². The third-order valence-corrected chi connectivity index (χ3v) is 6.04. The van der Waals surface area contributed by atoms with Gasteiger partial charge in [-0.1, -0.05) is 20.8 Å². The number of hydrogen-bond donors (Lipinski definition) is 2. The highest BCUT2D eigenvalue weighted by atomic mass is 32.2. The normalized spacial score (nSPS) is 19.1. The van der Waals surface area contributed by atoms with Crippen molar-refractivity contribution in [3.05, 3.63) is 0 Å². The Morgan fingerprint density at radius 3 is 2.20 bits per heavy atom. The standard InChI is InChI=1S/C13H26N2O4S/c1-4-13(5-2,12(16)17)10-14-20(18,19)15-8-6-11(3)7-9-15/h11,14H,4-10H2,1-3H3,(H,16,17). The zero-order valence-electron chi connectivity index (χ0n) is 12.6. The van der Waals surface area contributed by atoms with Gasteiger partial charge in [-0.2, -0.15) is 12.7 Å². The zero-order chi connectivity index (χ0) is 15.4. The number of nitrogens with one attached hydrogen (secondary N) is 1. The van der Waals surface area contributed by atoms with Crippen molar-refractivity contribution in [1.82, 2.24) is 9.03 Å². The van der Waals surface area contributed by atoms with Gasteiger partial charge in [-0.15, -0.1) is 0 Å². The maximum absolute atomic E-state index is 12.2. The summed E-state index contributed by atoms with van der Waals surface area (Å²) >= 11 is 0. The first-order valence-electron chi connectivity index (χ1n) is 7.25. The highest BCUT2D eigenvalue weighted by molar-refractivity contribution is 7.87. The van der Waals surface area contributed by atoms with E-state index in [1.807, 2.05) is 0 Å². The quantitative estimate of drug-likeness (QED) is 0.745. The molecule has 1 heterocycles. The fraction of sp³-hybridized carbons (Fsp3) is 0.923. The molecule has 0 saturated carbocycles. The lowest BCUT2D eigenvalue weighted by atomic mass is 9.83. The molecule has 0 spiro atoms. The molecule has 20 heavy (non-hydrogen) atoms. The summed E-state index contributed by atoms with van der Waals surface area (Å²) in [4.78, 5) is 11.4. The number of aliphatic carboxylic acids is 1. The van der Waals surface area contributed by atoms with E-state index in [0.717, 1.165) is 12.8 Å². The highest BCUT2D eigenvalue weighted by Crippen LogP contribution is 2.26. The largest absolute Gasteiger partial charge is 0.481 e. The molecule has 0 amide bonds. The Balaban J connectivity index is 2.69. The number of hydrogen-bond acceptors (Lipinski definition) is 3. The van der Waals surface area contributed by atoms with Crippen LogP contribution in [-0.2, 0) is 15.0 Å². The van der Waals surface area contributed by atoms with Gasteiger partial charge in [0.05, 0.1) is 5.41 Å². The van der Waals surface area contributed by atoms with Crippen molar-refractivity contribution in [2.24, 2.45) is 11.3 Å². The first-order chi connectivity index (χ1) is 9.27. The van der Waals surface area contributed by atoms with Gasteiger partial charge >= 0.3 is 5.97 Å². The maximum Gasteiger partial charge on any atom is 0.310 e. The molecule has 1 rings (SSSR count). The molecule has 6 nitrogen and oxygen atoms in total. The first kappa shape index (κ1) is 17.4. The molecular weight excluding hydrogens is 280 g/mol. The van der Waals surface area contributed by atoms with Gasteiger partial charge < -0.3 is 5.11 Å². The number of carbonyl (C=O) groups is 1. The minimum atomic E-state index is -3.57. The molecule has 0 aliphatic carbocycles. The Labute approximate surface area is 121 Å². The third kappa shape index (κ3) is 3.93. The van der Waals surface area contributed by atoms with E-state index in [9.17, 15) is 18.3 Å². The van der Waals surface area contributed by atoms with Crippen molar-refractivity contribution in [3.63, 3.8) is 0 Å². The number of carboxylic acids is 1. The van der Waals surface area contributed by atoms with E-state index in [1.165, 1.54) is 4.31 Å². The second-order valence-electron chi connectivity index (χ2n) is 5.70. The number of carboxylic acid groups (broad SMARTS) is 1. The maximum atomic E-state index is 12.2. The summed E-state index contributed by atoms with van der Waals surface area (Å²) in [5.41, 5.74) is -1.02. The summed E-state index contributed by atoms with van der Waals surface area (Å²) < 4.78 is 28.3. The molecular formula is C13H26N2O4S. The van der Waals surface area contributed by atoms with Crippen LogP contribution in [0.5, 0.6) is 0 Å². The van der Waals surface area contributed by atoms with Crippen LogP contribution in [0.25, 0.3) is 0 Å². The van der Waals surface area contributed by atoms with Crippen molar-refractivity contribution >= 4 is 16.2 Å². The van der Waals surface area contributed by atoms with Crippen LogP contribution in [0, 0.1) is 11.3 Å². The van der Waals surface area contributed by atoms with Gasteiger partial charge in [0.25, 0.3) is 10.2 Å². The van der Waals surface area contributed by atoms with Crippen molar-refractivity contribution in [1.29, 1.82) is 0 Å². The van der Waals surface area contributed by atoms with Crippen LogP contribution in [0.2, 0.25) is 0 Å². The Morgan fingerprint density at radius 2 is 1.80 bits per heavy atom. The molecule has 1 aliphatic rings. The molecule has 1 fully saturated rings. The van der Waals surface area contributed by atoms with Crippen molar-refractivity contribution in [3.8, 4) is 0 Å². The lowest BCUT2D eigenvalue weighted by molar-refractivity contribution is -0.149. The highest BCUT2D eigenvalue weighted by Gasteiger charge is 2.37. The Kier molecular flexibility index (Phi) is 5.97. The van der Waals surface area contributed by atoms with Gasteiger partial charge in [0, 0.05) is 19.6 Å². The monoisotopic (exact) mass is 306 g/mol. The van der Waals surface area contributed by atoms with E-state index in [0.29, 0.717) is 31.8 Å². The molecule has 0 aromatic carbocycles. The molecule has 0 aromatic rings. The van der Waals surface area contributed by atoms with E-state index in [1.54, 1.807) is 13.8 Å². The first-order valence-corrected chi connectivity index (χ1v) is 8.69. The van der Waals surface area contributed by atoms with Crippen molar-refractivity contribution < 1.29 is 18.3 Å². The van der Waals surface area contributed by atoms with Gasteiger partial charge in [0.2, 0.25) is 0 Å². The fourth-order valence-corrected chi connectivity index (χ4v) is 3.76. The molecule has 118 valence electrons. The smallest absolute Gasteiger partial charge is 0.310 e. The second kappa shape index (κ2) is 6.87. The summed E-state index contributed by atoms with van der Waals surface area (Å²) in [6.45, 7) is 6.62. The predicted octanol–water partition coefficient (Wildman–Crippen LogP) is 1.44. The fourth-order valence-electron chi connectivity index (χ4n) is 2.42. The molecule has 0 atom stereocenters. The molecule has 0 aromatic heterocycles. The van der Waals surface area contributed by atoms with E-state index >= 15 is 0 Å². The Hall–Kier alpha value is -0.660.